The van der Waals surface area contributed by atoms with Crippen LogP contribution in [0.1, 0.15) is 31.2 Å². The van der Waals surface area contributed by atoms with Gasteiger partial charge in [0.2, 0.25) is 0 Å². The summed E-state index contributed by atoms with van der Waals surface area (Å²) in [5, 5.41) is 0. The van der Waals surface area contributed by atoms with E-state index in [2.05, 4.69) is 35.5 Å². The van der Waals surface area contributed by atoms with Crippen LogP contribution in [0.4, 0.5) is 0 Å². The summed E-state index contributed by atoms with van der Waals surface area (Å²) in [6.45, 7) is 4.86. The molecule has 0 atom stereocenters. The summed E-state index contributed by atoms with van der Waals surface area (Å²) in [6.07, 6.45) is 3.83. The van der Waals surface area contributed by atoms with E-state index in [1.165, 1.54) is 0 Å². The van der Waals surface area contributed by atoms with E-state index in [-0.39, 0.29) is 0 Å². The molecule has 0 bridgehead atoms. The zero-order valence-corrected chi connectivity index (χ0v) is 9.72. The highest BCUT2D eigenvalue weighted by Gasteiger charge is 2.08. The predicted octanol–water partition coefficient (Wildman–Crippen LogP) is 2.45. The van der Waals surface area contributed by atoms with Crippen LogP contribution in [0.5, 0.6) is 0 Å². The van der Waals surface area contributed by atoms with Crippen molar-refractivity contribution in [3.63, 3.8) is 0 Å². The molecule has 0 amide bonds. The van der Waals surface area contributed by atoms with Crippen molar-refractivity contribution >= 4 is 0 Å². The molecule has 0 aliphatic rings. The molecule has 0 saturated carbocycles. The fourth-order valence-corrected chi connectivity index (χ4v) is 1.79. The standard InChI is InChI=1S/C13H17N3/c1-10(2)13-15-6-7-16(13)12-5-3-4-11(8-12)9-14/h3-8,10H,9,14H2,1-2H3. The molecule has 2 rings (SSSR count). The van der Waals surface area contributed by atoms with Gasteiger partial charge in [-0.2, -0.15) is 0 Å². The number of aromatic nitrogens is 2. The largest absolute Gasteiger partial charge is 0.326 e. The number of benzene rings is 1. The maximum atomic E-state index is 5.65. The Labute approximate surface area is 95.9 Å². The Bertz CT molecular complexity index is 472. The third kappa shape index (κ3) is 1.99. The molecule has 1 aromatic heterocycles. The molecule has 3 heteroatoms. The number of nitrogens with two attached hydrogens (primary N) is 1. The van der Waals surface area contributed by atoms with Crippen molar-refractivity contribution in [2.24, 2.45) is 5.73 Å². The lowest BCUT2D eigenvalue weighted by Gasteiger charge is -2.11. The van der Waals surface area contributed by atoms with Crippen molar-refractivity contribution in [2.45, 2.75) is 26.3 Å². The Hall–Kier alpha value is -1.61. The Balaban J connectivity index is 2.46. The van der Waals surface area contributed by atoms with Crippen molar-refractivity contribution in [2.75, 3.05) is 0 Å². The molecule has 1 heterocycles. The normalized spacial score (nSPS) is 11.0. The van der Waals surface area contributed by atoms with Gasteiger partial charge in [0.15, 0.2) is 0 Å². The van der Waals surface area contributed by atoms with Gasteiger partial charge in [-0.05, 0) is 17.7 Å². The number of hydrogen-bond donors (Lipinski definition) is 1. The highest BCUT2D eigenvalue weighted by molar-refractivity contribution is 5.37. The molecular formula is C13H17N3. The fourth-order valence-electron chi connectivity index (χ4n) is 1.79. The molecule has 0 aliphatic heterocycles. The molecule has 0 saturated heterocycles. The van der Waals surface area contributed by atoms with Gasteiger partial charge in [0.05, 0.1) is 0 Å². The van der Waals surface area contributed by atoms with Gasteiger partial charge in [-0.15, -0.1) is 0 Å². The van der Waals surface area contributed by atoms with E-state index in [9.17, 15) is 0 Å². The second-order valence-electron chi connectivity index (χ2n) is 4.18. The van der Waals surface area contributed by atoms with Gasteiger partial charge in [0, 0.05) is 30.5 Å². The van der Waals surface area contributed by atoms with E-state index >= 15 is 0 Å². The monoisotopic (exact) mass is 215 g/mol. The van der Waals surface area contributed by atoms with Crippen molar-refractivity contribution in [3.8, 4) is 5.69 Å². The van der Waals surface area contributed by atoms with E-state index in [4.69, 9.17) is 5.73 Å². The highest BCUT2D eigenvalue weighted by atomic mass is 15.1. The van der Waals surface area contributed by atoms with Crippen LogP contribution in [-0.4, -0.2) is 9.55 Å². The van der Waals surface area contributed by atoms with Crippen molar-refractivity contribution in [3.05, 3.63) is 48.0 Å². The lowest BCUT2D eigenvalue weighted by Crippen LogP contribution is -2.03. The van der Waals surface area contributed by atoms with E-state index in [1.807, 2.05) is 24.5 Å². The molecule has 2 aromatic rings. The first-order valence-electron chi connectivity index (χ1n) is 5.55. The van der Waals surface area contributed by atoms with Crippen LogP contribution in [0.25, 0.3) is 5.69 Å². The van der Waals surface area contributed by atoms with Gasteiger partial charge in [0.25, 0.3) is 0 Å². The summed E-state index contributed by atoms with van der Waals surface area (Å²) in [5.41, 5.74) is 7.91. The second kappa shape index (κ2) is 4.49. The predicted molar refractivity (Wildman–Crippen MR) is 65.5 cm³/mol. The third-order valence-electron chi connectivity index (χ3n) is 2.61. The summed E-state index contributed by atoms with van der Waals surface area (Å²) in [7, 11) is 0. The number of imidazole rings is 1. The third-order valence-corrected chi connectivity index (χ3v) is 2.61. The fraction of sp³-hybridized carbons (Fsp3) is 0.308. The lowest BCUT2D eigenvalue weighted by molar-refractivity contribution is 0.751. The Kier molecular flexibility index (Phi) is 3.06. The van der Waals surface area contributed by atoms with E-state index < -0.39 is 0 Å². The van der Waals surface area contributed by atoms with Crippen LogP contribution < -0.4 is 5.73 Å². The summed E-state index contributed by atoms with van der Waals surface area (Å²) in [4.78, 5) is 4.38. The van der Waals surface area contributed by atoms with Crippen LogP contribution in [0.3, 0.4) is 0 Å². The molecule has 0 fully saturated rings. The summed E-state index contributed by atoms with van der Waals surface area (Å²) in [5.74, 6) is 1.49. The molecule has 0 aliphatic carbocycles. The number of hydrogen-bond acceptors (Lipinski definition) is 2. The first-order chi connectivity index (χ1) is 7.72. The maximum Gasteiger partial charge on any atom is 0.115 e. The van der Waals surface area contributed by atoms with Crippen LogP contribution >= 0.6 is 0 Å². The van der Waals surface area contributed by atoms with Crippen molar-refractivity contribution in [1.29, 1.82) is 0 Å². The van der Waals surface area contributed by atoms with Gasteiger partial charge < -0.3 is 10.3 Å². The van der Waals surface area contributed by atoms with Gasteiger partial charge in [-0.1, -0.05) is 26.0 Å². The molecule has 3 nitrogen and oxygen atoms in total. The Morgan fingerprint density at radius 2 is 2.19 bits per heavy atom. The average Bonchev–Trinajstić information content (AvgIpc) is 2.78. The quantitative estimate of drug-likeness (QED) is 0.854. The topological polar surface area (TPSA) is 43.8 Å². The molecule has 2 N–H and O–H groups in total. The van der Waals surface area contributed by atoms with Gasteiger partial charge in [0.1, 0.15) is 5.82 Å². The minimum Gasteiger partial charge on any atom is -0.326 e. The van der Waals surface area contributed by atoms with Crippen LogP contribution in [0.15, 0.2) is 36.7 Å². The molecule has 84 valence electrons. The van der Waals surface area contributed by atoms with Gasteiger partial charge >= 0.3 is 0 Å². The zero-order chi connectivity index (χ0) is 11.5. The van der Waals surface area contributed by atoms with Gasteiger partial charge in [-0.3, -0.25) is 0 Å². The SMILES string of the molecule is CC(C)c1nccn1-c1cccc(CN)c1. The van der Waals surface area contributed by atoms with Crippen molar-refractivity contribution < 1.29 is 0 Å². The highest BCUT2D eigenvalue weighted by Crippen LogP contribution is 2.18. The smallest absolute Gasteiger partial charge is 0.115 e. The molecular weight excluding hydrogens is 198 g/mol. The minimum absolute atomic E-state index is 0.413. The minimum atomic E-state index is 0.413. The second-order valence-corrected chi connectivity index (χ2v) is 4.18. The molecule has 0 spiro atoms. The van der Waals surface area contributed by atoms with Crippen molar-refractivity contribution in [1.82, 2.24) is 9.55 Å². The summed E-state index contributed by atoms with van der Waals surface area (Å²) < 4.78 is 2.11. The molecule has 1 aromatic carbocycles. The molecule has 0 radical (unpaired) electrons. The van der Waals surface area contributed by atoms with E-state index in [0.717, 1.165) is 17.1 Å². The van der Waals surface area contributed by atoms with Crippen LogP contribution in [0, 0.1) is 0 Å². The lowest BCUT2D eigenvalue weighted by atomic mass is 10.1. The Morgan fingerprint density at radius 3 is 2.88 bits per heavy atom. The molecule has 16 heavy (non-hydrogen) atoms. The maximum absolute atomic E-state index is 5.65. The zero-order valence-electron chi connectivity index (χ0n) is 9.72. The number of rotatable bonds is 3. The van der Waals surface area contributed by atoms with Crippen LogP contribution in [0.2, 0.25) is 0 Å². The van der Waals surface area contributed by atoms with Gasteiger partial charge in [-0.25, -0.2) is 4.98 Å². The van der Waals surface area contributed by atoms with E-state index in [0.29, 0.717) is 12.5 Å². The van der Waals surface area contributed by atoms with Crippen LogP contribution in [-0.2, 0) is 6.54 Å². The number of nitrogens with zero attached hydrogens (tertiary/aromatic N) is 2. The summed E-state index contributed by atoms with van der Waals surface area (Å²) >= 11 is 0. The van der Waals surface area contributed by atoms with E-state index in [1.54, 1.807) is 0 Å². The first-order valence-corrected chi connectivity index (χ1v) is 5.55. The average molecular weight is 215 g/mol. The first kappa shape index (κ1) is 10.9. The molecule has 0 unspecified atom stereocenters. The summed E-state index contributed by atoms with van der Waals surface area (Å²) in [6, 6.07) is 8.25. The Morgan fingerprint density at radius 1 is 1.38 bits per heavy atom.